The maximum atomic E-state index is 12.6. The summed E-state index contributed by atoms with van der Waals surface area (Å²) in [6, 6.07) is 15.4. The molecular formula is C21H21N5O2. The molecule has 0 saturated carbocycles. The molecule has 2 aromatic heterocycles. The van der Waals surface area contributed by atoms with Crippen molar-refractivity contribution in [2.45, 2.75) is 6.92 Å². The Balaban J connectivity index is 2.02. The van der Waals surface area contributed by atoms with Gasteiger partial charge in [0.1, 0.15) is 16.9 Å². The highest BCUT2D eigenvalue weighted by molar-refractivity contribution is 6.09. The number of hydrogen-bond donors (Lipinski definition) is 1. The normalized spacial score (nSPS) is 11.1. The van der Waals surface area contributed by atoms with Gasteiger partial charge >= 0.3 is 5.97 Å². The topological polar surface area (TPSA) is 86.3 Å². The number of esters is 1. The molecule has 4 rings (SSSR count). The molecule has 28 heavy (non-hydrogen) atoms. The third-order valence-corrected chi connectivity index (χ3v) is 4.60. The second-order valence-electron chi connectivity index (χ2n) is 6.61. The van der Waals surface area contributed by atoms with Gasteiger partial charge in [-0.25, -0.2) is 14.8 Å². The number of fused-ring (bicyclic) bond motifs is 2. The van der Waals surface area contributed by atoms with Crippen molar-refractivity contribution in [2.24, 2.45) is 0 Å². The first-order valence-corrected chi connectivity index (χ1v) is 9.02. The molecule has 0 bridgehead atoms. The van der Waals surface area contributed by atoms with Gasteiger partial charge in [0.05, 0.1) is 17.6 Å². The average Bonchev–Trinajstić information content (AvgIpc) is 2.97. The molecule has 0 saturated heterocycles. The smallest absolute Gasteiger partial charge is 0.344 e. The number of anilines is 2. The van der Waals surface area contributed by atoms with Crippen LogP contribution in [0.25, 0.3) is 27.9 Å². The van der Waals surface area contributed by atoms with Gasteiger partial charge in [0.15, 0.2) is 5.65 Å². The Morgan fingerprint density at radius 3 is 2.32 bits per heavy atom. The van der Waals surface area contributed by atoms with Gasteiger partial charge in [0.25, 0.3) is 0 Å². The summed E-state index contributed by atoms with van der Waals surface area (Å²) in [5, 5.41) is 0. The number of benzene rings is 2. The fourth-order valence-electron chi connectivity index (χ4n) is 3.23. The number of carbonyl (C=O) groups is 1. The molecular weight excluding hydrogens is 354 g/mol. The zero-order valence-electron chi connectivity index (χ0n) is 16.0. The average molecular weight is 375 g/mol. The quantitative estimate of drug-likeness (QED) is 0.550. The third-order valence-electron chi connectivity index (χ3n) is 4.60. The summed E-state index contributed by atoms with van der Waals surface area (Å²) in [5.41, 5.74) is 10.9. The van der Waals surface area contributed by atoms with Crippen LogP contribution in [0.5, 0.6) is 0 Å². The Morgan fingerprint density at radius 1 is 1.07 bits per heavy atom. The maximum Gasteiger partial charge on any atom is 0.344 e. The first-order chi connectivity index (χ1) is 13.5. The van der Waals surface area contributed by atoms with Crippen molar-refractivity contribution in [2.75, 3.05) is 31.3 Å². The SMILES string of the molecule is CCOC(=O)c1c(N)n(-c2ccc(N(C)C)cc2)c2nc3ccccc3nc12. The number of carbonyl (C=O) groups excluding carboxylic acids is 1. The molecule has 2 heterocycles. The lowest BCUT2D eigenvalue weighted by molar-refractivity contribution is 0.0529. The molecule has 0 unspecified atom stereocenters. The van der Waals surface area contributed by atoms with E-state index in [1.807, 2.05) is 67.5 Å². The van der Waals surface area contributed by atoms with E-state index in [0.29, 0.717) is 16.7 Å². The van der Waals surface area contributed by atoms with Crippen LogP contribution in [0.15, 0.2) is 48.5 Å². The molecule has 142 valence electrons. The zero-order chi connectivity index (χ0) is 19.8. The number of para-hydroxylation sites is 2. The number of nitrogens with two attached hydrogens (primary N) is 1. The lowest BCUT2D eigenvalue weighted by Gasteiger charge is -2.14. The van der Waals surface area contributed by atoms with Crippen molar-refractivity contribution in [1.29, 1.82) is 0 Å². The second kappa shape index (κ2) is 6.84. The van der Waals surface area contributed by atoms with E-state index in [1.165, 1.54) is 0 Å². The standard InChI is InChI=1S/C21H21N5O2/c1-4-28-21(27)17-18-20(24-16-8-6-5-7-15(16)23-18)26(19(17)22)14-11-9-13(10-12-14)25(2)3/h5-12H,4,22H2,1-3H3. The van der Waals surface area contributed by atoms with E-state index in [4.69, 9.17) is 15.5 Å². The summed E-state index contributed by atoms with van der Waals surface area (Å²) >= 11 is 0. The van der Waals surface area contributed by atoms with E-state index in [2.05, 4.69) is 4.98 Å². The van der Waals surface area contributed by atoms with Crippen molar-refractivity contribution < 1.29 is 9.53 Å². The highest BCUT2D eigenvalue weighted by Crippen LogP contribution is 2.32. The van der Waals surface area contributed by atoms with Crippen molar-refractivity contribution in [3.63, 3.8) is 0 Å². The monoisotopic (exact) mass is 375 g/mol. The van der Waals surface area contributed by atoms with Crippen molar-refractivity contribution in [3.05, 3.63) is 54.1 Å². The largest absolute Gasteiger partial charge is 0.462 e. The minimum absolute atomic E-state index is 0.242. The van der Waals surface area contributed by atoms with E-state index in [0.717, 1.165) is 16.9 Å². The van der Waals surface area contributed by atoms with Crippen molar-refractivity contribution in [1.82, 2.24) is 14.5 Å². The molecule has 0 aliphatic rings. The molecule has 4 aromatic rings. The van der Waals surface area contributed by atoms with Gasteiger partial charge in [-0.05, 0) is 43.3 Å². The number of nitrogen functional groups attached to an aromatic ring is 1. The second-order valence-corrected chi connectivity index (χ2v) is 6.61. The van der Waals surface area contributed by atoms with Crippen molar-refractivity contribution in [3.8, 4) is 5.69 Å². The lowest BCUT2D eigenvalue weighted by Crippen LogP contribution is -2.10. The van der Waals surface area contributed by atoms with Crippen LogP contribution in [0.1, 0.15) is 17.3 Å². The van der Waals surface area contributed by atoms with Crippen LogP contribution in [-0.4, -0.2) is 41.2 Å². The predicted molar refractivity (Wildman–Crippen MR) is 111 cm³/mol. The Labute approximate surface area is 162 Å². The molecule has 2 aromatic carbocycles. The van der Waals surface area contributed by atoms with Crippen molar-refractivity contribution >= 4 is 39.7 Å². The first-order valence-electron chi connectivity index (χ1n) is 9.02. The van der Waals surface area contributed by atoms with E-state index in [9.17, 15) is 4.79 Å². The molecule has 0 atom stereocenters. The number of rotatable bonds is 4. The van der Waals surface area contributed by atoms with Crippen LogP contribution in [0.2, 0.25) is 0 Å². The van der Waals surface area contributed by atoms with Crippen LogP contribution in [-0.2, 0) is 4.74 Å². The first kappa shape index (κ1) is 17.8. The molecule has 7 heteroatoms. The Hall–Kier alpha value is -3.61. The minimum atomic E-state index is -0.502. The Morgan fingerprint density at radius 2 is 1.71 bits per heavy atom. The third kappa shape index (κ3) is 2.81. The van der Waals surface area contributed by atoms with E-state index in [-0.39, 0.29) is 18.0 Å². The van der Waals surface area contributed by atoms with Crippen LogP contribution >= 0.6 is 0 Å². The lowest BCUT2D eigenvalue weighted by atomic mass is 10.2. The summed E-state index contributed by atoms with van der Waals surface area (Å²) in [5.74, 6) is -0.236. The summed E-state index contributed by atoms with van der Waals surface area (Å²) in [7, 11) is 3.95. The van der Waals surface area contributed by atoms with Crippen LogP contribution in [0.3, 0.4) is 0 Å². The summed E-state index contributed by atoms with van der Waals surface area (Å²) < 4.78 is 6.97. The zero-order valence-corrected chi connectivity index (χ0v) is 16.0. The van der Waals surface area contributed by atoms with Crippen LogP contribution < -0.4 is 10.6 Å². The molecule has 0 aliphatic heterocycles. The van der Waals surface area contributed by atoms with Crippen LogP contribution in [0, 0.1) is 0 Å². The van der Waals surface area contributed by atoms with Crippen LogP contribution in [0.4, 0.5) is 11.5 Å². The van der Waals surface area contributed by atoms with Gasteiger partial charge in [-0.2, -0.15) is 0 Å². The summed E-state index contributed by atoms with van der Waals surface area (Å²) in [6.07, 6.45) is 0. The Bertz CT molecular complexity index is 1180. The molecule has 0 radical (unpaired) electrons. The van der Waals surface area contributed by atoms with Gasteiger partial charge in [0.2, 0.25) is 0 Å². The molecule has 0 amide bonds. The maximum absolute atomic E-state index is 12.6. The molecule has 7 nitrogen and oxygen atoms in total. The van der Waals surface area contributed by atoms with Gasteiger partial charge in [-0.3, -0.25) is 4.57 Å². The number of aromatic nitrogens is 3. The van der Waals surface area contributed by atoms with E-state index < -0.39 is 5.97 Å². The molecule has 0 fully saturated rings. The fourth-order valence-corrected chi connectivity index (χ4v) is 3.23. The summed E-state index contributed by atoms with van der Waals surface area (Å²) in [4.78, 5) is 24.0. The number of nitrogens with zero attached hydrogens (tertiary/aromatic N) is 4. The fraction of sp³-hybridized carbons (Fsp3) is 0.190. The highest BCUT2D eigenvalue weighted by Gasteiger charge is 2.25. The predicted octanol–water partition coefficient (Wildman–Crippen LogP) is 3.40. The van der Waals surface area contributed by atoms with E-state index >= 15 is 0 Å². The molecule has 0 aliphatic carbocycles. The van der Waals surface area contributed by atoms with E-state index in [1.54, 1.807) is 11.5 Å². The van der Waals surface area contributed by atoms with Gasteiger partial charge in [-0.15, -0.1) is 0 Å². The van der Waals surface area contributed by atoms with Gasteiger partial charge in [0, 0.05) is 25.5 Å². The number of hydrogen-bond acceptors (Lipinski definition) is 6. The minimum Gasteiger partial charge on any atom is -0.462 e. The number of ether oxygens (including phenoxy) is 1. The molecule has 0 spiro atoms. The van der Waals surface area contributed by atoms with Gasteiger partial charge < -0.3 is 15.4 Å². The molecule has 2 N–H and O–H groups in total. The summed E-state index contributed by atoms with van der Waals surface area (Å²) in [6.45, 7) is 2.01. The Kier molecular flexibility index (Phi) is 4.35. The highest BCUT2D eigenvalue weighted by atomic mass is 16.5. The van der Waals surface area contributed by atoms with Gasteiger partial charge in [-0.1, -0.05) is 12.1 Å².